The van der Waals surface area contributed by atoms with Crippen LogP contribution in [0.1, 0.15) is 26.7 Å². The van der Waals surface area contributed by atoms with Crippen molar-refractivity contribution in [3.8, 4) is 0 Å². The van der Waals surface area contributed by atoms with E-state index in [-0.39, 0.29) is 6.04 Å². The van der Waals surface area contributed by atoms with E-state index < -0.39 is 18.0 Å². The first-order chi connectivity index (χ1) is 9.02. The van der Waals surface area contributed by atoms with Crippen LogP contribution in [0.5, 0.6) is 0 Å². The number of carboxylic acid groups (broad SMARTS) is 1. The van der Waals surface area contributed by atoms with Crippen LogP contribution in [-0.4, -0.2) is 39.0 Å². The minimum absolute atomic E-state index is 0.143. The topological polar surface area (TPSA) is 96.3 Å². The third-order valence-corrected chi connectivity index (χ3v) is 2.58. The van der Waals surface area contributed by atoms with E-state index in [4.69, 9.17) is 5.11 Å². The molecular formula is C12H20N4O3. The highest BCUT2D eigenvalue weighted by Gasteiger charge is 2.19. The van der Waals surface area contributed by atoms with Gasteiger partial charge in [0, 0.05) is 18.4 Å². The summed E-state index contributed by atoms with van der Waals surface area (Å²) in [5.41, 5.74) is 0. The molecule has 0 aliphatic carbocycles. The number of amides is 2. The Hall–Kier alpha value is -2.05. The number of carbonyl (C=O) groups is 2. The Labute approximate surface area is 112 Å². The molecule has 1 aromatic heterocycles. The molecule has 2 amide bonds. The summed E-state index contributed by atoms with van der Waals surface area (Å²) >= 11 is 0. The van der Waals surface area contributed by atoms with Gasteiger partial charge in [-0.2, -0.15) is 5.10 Å². The zero-order valence-corrected chi connectivity index (χ0v) is 11.2. The minimum atomic E-state index is -1.02. The van der Waals surface area contributed by atoms with E-state index in [1.807, 2.05) is 13.8 Å². The highest BCUT2D eigenvalue weighted by Crippen LogP contribution is 1.97. The van der Waals surface area contributed by atoms with Crippen LogP contribution in [0, 0.1) is 0 Å². The lowest BCUT2D eigenvalue weighted by Gasteiger charge is -2.18. The molecule has 0 fully saturated rings. The largest absolute Gasteiger partial charge is 0.480 e. The molecule has 1 heterocycles. The fraction of sp³-hybridized carbons (Fsp3) is 0.583. The fourth-order valence-corrected chi connectivity index (χ4v) is 1.70. The predicted molar refractivity (Wildman–Crippen MR) is 69.7 cm³/mol. The first-order valence-electron chi connectivity index (χ1n) is 6.30. The third-order valence-electron chi connectivity index (χ3n) is 2.58. The summed E-state index contributed by atoms with van der Waals surface area (Å²) in [5, 5.41) is 18.1. The van der Waals surface area contributed by atoms with Crippen molar-refractivity contribution in [3.63, 3.8) is 0 Å². The van der Waals surface area contributed by atoms with E-state index in [2.05, 4.69) is 15.7 Å². The lowest BCUT2D eigenvalue weighted by Crippen LogP contribution is -2.49. The molecule has 0 aliphatic heterocycles. The average Bonchev–Trinajstić information content (AvgIpc) is 2.80. The molecule has 0 aliphatic rings. The van der Waals surface area contributed by atoms with Crippen LogP contribution in [0.3, 0.4) is 0 Å². The molecule has 7 nitrogen and oxygen atoms in total. The number of nitrogens with one attached hydrogen (secondary N) is 2. The van der Waals surface area contributed by atoms with E-state index in [0.29, 0.717) is 19.4 Å². The molecule has 3 N–H and O–H groups in total. The van der Waals surface area contributed by atoms with Crippen LogP contribution in [-0.2, 0) is 11.3 Å². The molecule has 106 valence electrons. The first-order valence-corrected chi connectivity index (χ1v) is 6.30. The zero-order chi connectivity index (χ0) is 14.3. The van der Waals surface area contributed by atoms with Gasteiger partial charge >= 0.3 is 12.0 Å². The second-order valence-electron chi connectivity index (χ2n) is 4.43. The van der Waals surface area contributed by atoms with Gasteiger partial charge in [-0.05, 0) is 19.4 Å². The minimum Gasteiger partial charge on any atom is -0.480 e. The van der Waals surface area contributed by atoms with Gasteiger partial charge in [-0.1, -0.05) is 13.3 Å². The molecule has 7 heteroatoms. The van der Waals surface area contributed by atoms with Crippen molar-refractivity contribution in [2.75, 3.05) is 0 Å². The normalized spacial score (nSPS) is 13.6. The quantitative estimate of drug-likeness (QED) is 0.682. The van der Waals surface area contributed by atoms with E-state index in [1.54, 1.807) is 23.1 Å². The molecule has 0 aromatic carbocycles. The number of hydrogen-bond acceptors (Lipinski definition) is 3. The van der Waals surface area contributed by atoms with E-state index >= 15 is 0 Å². The van der Waals surface area contributed by atoms with Gasteiger partial charge in [0.2, 0.25) is 0 Å². The van der Waals surface area contributed by atoms with Crippen LogP contribution in [0.25, 0.3) is 0 Å². The molecule has 0 radical (unpaired) electrons. The zero-order valence-electron chi connectivity index (χ0n) is 11.2. The number of carbonyl (C=O) groups excluding carboxylic acids is 1. The summed E-state index contributed by atoms with van der Waals surface area (Å²) in [6.45, 7) is 4.23. The van der Waals surface area contributed by atoms with Crippen LogP contribution in [0.15, 0.2) is 18.5 Å². The first kappa shape index (κ1) is 15.0. The van der Waals surface area contributed by atoms with Crippen LogP contribution in [0.2, 0.25) is 0 Å². The molecular weight excluding hydrogens is 248 g/mol. The average molecular weight is 268 g/mol. The second-order valence-corrected chi connectivity index (χ2v) is 4.43. The molecule has 19 heavy (non-hydrogen) atoms. The molecule has 0 saturated carbocycles. The maximum Gasteiger partial charge on any atom is 0.326 e. The van der Waals surface area contributed by atoms with Gasteiger partial charge < -0.3 is 15.7 Å². The maximum atomic E-state index is 11.7. The fourth-order valence-electron chi connectivity index (χ4n) is 1.70. The van der Waals surface area contributed by atoms with Crippen molar-refractivity contribution in [1.82, 2.24) is 20.4 Å². The van der Waals surface area contributed by atoms with Crippen molar-refractivity contribution in [2.24, 2.45) is 0 Å². The van der Waals surface area contributed by atoms with Crippen molar-refractivity contribution in [1.29, 1.82) is 0 Å². The van der Waals surface area contributed by atoms with Gasteiger partial charge in [-0.25, -0.2) is 9.59 Å². The predicted octanol–water partition coefficient (Wildman–Crippen LogP) is 0.824. The Morgan fingerprint density at radius 1 is 1.42 bits per heavy atom. The number of carboxylic acids is 1. The lowest BCUT2D eigenvalue weighted by atomic mass is 10.2. The van der Waals surface area contributed by atoms with Crippen LogP contribution < -0.4 is 10.6 Å². The number of urea groups is 1. The van der Waals surface area contributed by atoms with Crippen LogP contribution >= 0.6 is 0 Å². The number of aromatic nitrogens is 2. The van der Waals surface area contributed by atoms with Crippen molar-refractivity contribution in [3.05, 3.63) is 18.5 Å². The molecule has 2 atom stereocenters. The monoisotopic (exact) mass is 268 g/mol. The summed E-state index contributed by atoms with van der Waals surface area (Å²) in [5.74, 6) is -1.02. The van der Waals surface area contributed by atoms with Crippen LogP contribution in [0.4, 0.5) is 4.79 Å². The highest BCUT2D eigenvalue weighted by atomic mass is 16.4. The van der Waals surface area contributed by atoms with Gasteiger partial charge in [0.05, 0.1) is 6.54 Å². The lowest BCUT2D eigenvalue weighted by molar-refractivity contribution is -0.139. The SMILES string of the molecule is CCC[C@@H](NC(=O)NC(C)Cn1cccn1)C(=O)O. The number of hydrogen-bond donors (Lipinski definition) is 3. The summed E-state index contributed by atoms with van der Waals surface area (Å²) in [6, 6.07) is 0.340. The molecule has 1 unspecified atom stereocenters. The summed E-state index contributed by atoms with van der Waals surface area (Å²) in [4.78, 5) is 22.6. The van der Waals surface area contributed by atoms with Crippen molar-refractivity contribution in [2.45, 2.75) is 45.3 Å². The van der Waals surface area contributed by atoms with Gasteiger partial charge in [0.15, 0.2) is 0 Å². The Morgan fingerprint density at radius 3 is 2.68 bits per heavy atom. The van der Waals surface area contributed by atoms with E-state index in [9.17, 15) is 9.59 Å². The summed E-state index contributed by atoms with van der Waals surface area (Å²) in [7, 11) is 0. The van der Waals surface area contributed by atoms with E-state index in [0.717, 1.165) is 0 Å². The molecule has 0 bridgehead atoms. The Balaban J connectivity index is 2.38. The Morgan fingerprint density at radius 2 is 2.16 bits per heavy atom. The Bertz CT molecular complexity index is 405. The number of nitrogens with zero attached hydrogens (tertiary/aromatic N) is 2. The summed E-state index contributed by atoms with van der Waals surface area (Å²) in [6.07, 6.45) is 4.57. The third kappa shape index (κ3) is 5.41. The number of aliphatic carboxylic acids is 1. The molecule has 0 saturated heterocycles. The number of rotatable bonds is 7. The van der Waals surface area contributed by atoms with Gasteiger partial charge in [0.1, 0.15) is 6.04 Å². The van der Waals surface area contributed by atoms with Gasteiger partial charge in [-0.3, -0.25) is 4.68 Å². The van der Waals surface area contributed by atoms with Crippen molar-refractivity contribution < 1.29 is 14.7 Å². The summed E-state index contributed by atoms with van der Waals surface area (Å²) < 4.78 is 1.70. The molecule has 1 aromatic rings. The standard InChI is InChI=1S/C12H20N4O3/c1-3-5-10(11(17)18)15-12(19)14-9(2)8-16-7-4-6-13-16/h4,6-7,9-10H,3,5,8H2,1-2H3,(H,17,18)(H2,14,15,19)/t9?,10-/m1/s1. The van der Waals surface area contributed by atoms with Crippen molar-refractivity contribution >= 4 is 12.0 Å². The second kappa shape index (κ2) is 7.40. The molecule has 1 rings (SSSR count). The highest BCUT2D eigenvalue weighted by molar-refractivity contribution is 5.82. The van der Waals surface area contributed by atoms with Gasteiger partial charge in [0.25, 0.3) is 0 Å². The Kier molecular flexibility index (Phi) is 5.84. The maximum absolute atomic E-state index is 11.7. The van der Waals surface area contributed by atoms with E-state index in [1.165, 1.54) is 0 Å². The van der Waals surface area contributed by atoms with Gasteiger partial charge in [-0.15, -0.1) is 0 Å². The smallest absolute Gasteiger partial charge is 0.326 e. The molecule has 0 spiro atoms.